The Labute approximate surface area is 176 Å². The van der Waals surface area contributed by atoms with Crippen LogP contribution in [0.15, 0.2) is 53.8 Å². The summed E-state index contributed by atoms with van der Waals surface area (Å²) in [4.78, 5) is 27.1. The molecule has 0 radical (unpaired) electrons. The molecule has 5 rings (SSSR count). The highest BCUT2D eigenvalue weighted by Crippen LogP contribution is 2.30. The number of likely N-dealkylation sites (tertiary alicyclic amines) is 1. The highest BCUT2D eigenvalue weighted by molar-refractivity contribution is 6.35. The highest BCUT2D eigenvalue weighted by atomic mass is 35.5. The van der Waals surface area contributed by atoms with Crippen LogP contribution in [0.25, 0.3) is 10.9 Å². The van der Waals surface area contributed by atoms with Gasteiger partial charge >= 0.3 is 0 Å². The van der Waals surface area contributed by atoms with Crippen LogP contribution in [0.1, 0.15) is 28.8 Å². The minimum absolute atomic E-state index is 0.0716. The third kappa shape index (κ3) is 3.48. The largest absolute Gasteiger partial charge is 0.482 e. The number of rotatable bonds is 5. The van der Waals surface area contributed by atoms with Crippen LogP contribution in [0.2, 0.25) is 5.02 Å². The van der Waals surface area contributed by atoms with Crippen LogP contribution in [0.5, 0.6) is 5.75 Å². The average Bonchev–Trinajstić information content (AvgIpc) is 3.54. The Morgan fingerprint density at radius 3 is 3.13 bits per heavy atom. The highest BCUT2D eigenvalue weighted by Gasteiger charge is 2.30. The Morgan fingerprint density at radius 1 is 1.33 bits per heavy atom. The maximum absolute atomic E-state index is 12.8. The maximum Gasteiger partial charge on any atom is 0.275 e. The van der Waals surface area contributed by atoms with E-state index >= 15 is 0 Å². The molecule has 152 valence electrons. The molecule has 1 aliphatic rings. The topological polar surface area (TPSA) is 99.2 Å². The molecule has 30 heavy (non-hydrogen) atoms. The van der Waals surface area contributed by atoms with Crippen LogP contribution in [0.3, 0.4) is 0 Å². The number of ether oxygens (including phenoxy) is 1. The lowest BCUT2D eigenvalue weighted by molar-refractivity contribution is 0.0781. The Kier molecular flexibility index (Phi) is 4.80. The number of halogens is 1. The number of benzene rings is 1. The van der Waals surface area contributed by atoms with E-state index in [4.69, 9.17) is 20.8 Å². The zero-order valence-electron chi connectivity index (χ0n) is 15.8. The van der Waals surface area contributed by atoms with Gasteiger partial charge in [-0.2, -0.15) is 5.10 Å². The van der Waals surface area contributed by atoms with Gasteiger partial charge in [0.2, 0.25) is 5.89 Å². The lowest BCUT2D eigenvalue weighted by Crippen LogP contribution is -2.29. The molecule has 10 heteroatoms. The Balaban J connectivity index is 1.25. The first kappa shape index (κ1) is 18.6. The van der Waals surface area contributed by atoms with E-state index in [0.717, 1.165) is 11.8 Å². The lowest BCUT2D eigenvalue weighted by Gasteiger charge is -2.14. The second-order valence-electron chi connectivity index (χ2n) is 6.93. The molecule has 4 heterocycles. The van der Waals surface area contributed by atoms with Crippen LogP contribution in [0, 0.1) is 0 Å². The van der Waals surface area contributed by atoms with Gasteiger partial charge in [0, 0.05) is 24.7 Å². The summed E-state index contributed by atoms with van der Waals surface area (Å²) >= 11 is 6.21. The third-order valence-electron chi connectivity index (χ3n) is 5.06. The lowest BCUT2D eigenvalue weighted by atomic mass is 10.2. The van der Waals surface area contributed by atoms with E-state index in [1.165, 1.54) is 12.6 Å². The summed E-state index contributed by atoms with van der Waals surface area (Å²) in [5, 5.41) is 5.56. The maximum atomic E-state index is 12.8. The molecular formula is C20H17ClN6O3. The predicted molar refractivity (Wildman–Crippen MR) is 107 cm³/mol. The van der Waals surface area contributed by atoms with Gasteiger partial charge < -0.3 is 14.1 Å². The van der Waals surface area contributed by atoms with E-state index in [9.17, 15) is 4.79 Å². The molecule has 1 saturated heterocycles. The fraction of sp³-hybridized carbons (Fsp3) is 0.250. The average molecular weight is 425 g/mol. The van der Waals surface area contributed by atoms with Crippen molar-refractivity contribution in [2.45, 2.75) is 19.1 Å². The van der Waals surface area contributed by atoms with E-state index in [0.29, 0.717) is 35.3 Å². The van der Waals surface area contributed by atoms with Crippen LogP contribution in [0.4, 0.5) is 0 Å². The number of hydrogen-bond donors (Lipinski definition) is 0. The van der Waals surface area contributed by atoms with Gasteiger partial charge in [0.1, 0.15) is 30.2 Å². The zero-order valence-corrected chi connectivity index (χ0v) is 16.6. The number of oxazole rings is 1. The molecular weight excluding hydrogens is 408 g/mol. The van der Waals surface area contributed by atoms with Crippen LogP contribution >= 0.6 is 11.6 Å². The molecule has 0 aliphatic carbocycles. The SMILES string of the molecule is O=C(c1coc(COc2ccc(Cl)c3cccnc23)n1)N1CCC(n2cncn2)C1. The van der Waals surface area contributed by atoms with Crippen LogP contribution < -0.4 is 4.74 Å². The van der Waals surface area contributed by atoms with Crippen molar-refractivity contribution in [3.63, 3.8) is 0 Å². The summed E-state index contributed by atoms with van der Waals surface area (Å²) in [7, 11) is 0. The first-order chi connectivity index (χ1) is 14.7. The molecule has 0 N–H and O–H groups in total. The van der Waals surface area contributed by atoms with Crippen molar-refractivity contribution in [1.29, 1.82) is 0 Å². The molecule has 1 aliphatic heterocycles. The normalized spacial score (nSPS) is 16.3. The Morgan fingerprint density at radius 2 is 2.27 bits per heavy atom. The van der Waals surface area contributed by atoms with Crippen molar-refractivity contribution < 1.29 is 13.9 Å². The quantitative estimate of drug-likeness (QED) is 0.485. The fourth-order valence-corrected chi connectivity index (χ4v) is 3.77. The molecule has 4 aromatic rings. The number of hydrogen-bond acceptors (Lipinski definition) is 7. The summed E-state index contributed by atoms with van der Waals surface area (Å²) in [5.74, 6) is 0.701. The summed E-state index contributed by atoms with van der Waals surface area (Å²) in [5.41, 5.74) is 0.913. The van der Waals surface area contributed by atoms with Crippen molar-refractivity contribution in [2.24, 2.45) is 0 Å². The van der Waals surface area contributed by atoms with E-state index in [2.05, 4.69) is 20.1 Å². The molecule has 0 spiro atoms. The second-order valence-corrected chi connectivity index (χ2v) is 7.34. The molecule has 9 nitrogen and oxygen atoms in total. The second kappa shape index (κ2) is 7.75. The van der Waals surface area contributed by atoms with Gasteiger partial charge in [-0.05, 0) is 30.7 Å². The third-order valence-corrected chi connectivity index (χ3v) is 5.39. The monoisotopic (exact) mass is 424 g/mol. The van der Waals surface area contributed by atoms with Gasteiger partial charge in [-0.15, -0.1) is 0 Å². The number of fused-ring (bicyclic) bond motifs is 1. The number of aromatic nitrogens is 5. The Hall–Kier alpha value is -3.46. The number of nitrogens with zero attached hydrogens (tertiary/aromatic N) is 6. The summed E-state index contributed by atoms with van der Waals surface area (Å²) < 4.78 is 13.0. The van der Waals surface area contributed by atoms with Gasteiger partial charge in [-0.3, -0.25) is 9.78 Å². The summed E-state index contributed by atoms with van der Waals surface area (Å²) in [6.45, 7) is 1.26. The van der Waals surface area contributed by atoms with E-state index in [1.54, 1.807) is 34.2 Å². The van der Waals surface area contributed by atoms with Gasteiger partial charge in [0.05, 0.1) is 11.1 Å². The molecule has 1 unspecified atom stereocenters. The van der Waals surface area contributed by atoms with Crippen LogP contribution in [-0.2, 0) is 6.61 Å². The van der Waals surface area contributed by atoms with Gasteiger partial charge in [0.15, 0.2) is 12.3 Å². The molecule has 1 atom stereocenters. The van der Waals surface area contributed by atoms with Crippen molar-refractivity contribution in [1.82, 2.24) is 29.6 Å². The zero-order chi connectivity index (χ0) is 20.5. The molecule has 0 bridgehead atoms. The summed E-state index contributed by atoms with van der Waals surface area (Å²) in [6.07, 6.45) is 7.02. The minimum atomic E-state index is -0.175. The smallest absolute Gasteiger partial charge is 0.275 e. The molecule has 1 amide bonds. The molecule has 3 aromatic heterocycles. The number of amides is 1. The van der Waals surface area contributed by atoms with Crippen molar-refractivity contribution in [3.8, 4) is 5.75 Å². The van der Waals surface area contributed by atoms with E-state index in [1.807, 2.05) is 12.1 Å². The summed E-state index contributed by atoms with van der Waals surface area (Å²) in [6, 6.07) is 7.32. The van der Waals surface area contributed by atoms with Crippen molar-refractivity contribution in [2.75, 3.05) is 13.1 Å². The standard InChI is InChI=1S/C20H17ClN6O3/c21-15-3-4-17(19-14(15)2-1-6-23-19)29-10-18-25-16(9-30-18)20(28)26-7-5-13(8-26)27-12-22-11-24-27/h1-4,6,9,11-13H,5,7-8,10H2. The number of pyridine rings is 1. The fourth-order valence-electron chi connectivity index (χ4n) is 3.55. The number of carbonyl (C=O) groups excluding carboxylic acids is 1. The van der Waals surface area contributed by atoms with E-state index < -0.39 is 0 Å². The first-order valence-corrected chi connectivity index (χ1v) is 9.80. The van der Waals surface area contributed by atoms with Gasteiger partial charge in [-0.25, -0.2) is 14.6 Å². The number of carbonyl (C=O) groups is 1. The van der Waals surface area contributed by atoms with Crippen molar-refractivity contribution in [3.05, 3.63) is 66.0 Å². The van der Waals surface area contributed by atoms with Gasteiger partial charge in [-0.1, -0.05) is 11.6 Å². The molecule has 1 fully saturated rings. The van der Waals surface area contributed by atoms with E-state index in [-0.39, 0.29) is 24.2 Å². The predicted octanol–water partition coefficient (Wildman–Crippen LogP) is 3.13. The molecule has 0 saturated carbocycles. The first-order valence-electron chi connectivity index (χ1n) is 9.43. The van der Waals surface area contributed by atoms with Crippen LogP contribution in [-0.4, -0.2) is 48.6 Å². The minimum Gasteiger partial charge on any atom is -0.482 e. The molecule has 1 aromatic carbocycles. The Bertz CT molecular complexity index is 1190. The van der Waals surface area contributed by atoms with Gasteiger partial charge in [0.25, 0.3) is 5.91 Å². The van der Waals surface area contributed by atoms with Crippen molar-refractivity contribution >= 4 is 28.4 Å².